The van der Waals surface area contributed by atoms with Crippen LogP contribution in [-0.2, 0) is 4.79 Å². The summed E-state index contributed by atoms with van der Waals surface area (Å²) in [6.07, 6.45) is 4.80. The van der Waals surface area contributed by atoms with Crippen LogP contribution >= 0.6 is 0 Å². The maximum absolute atomic E-state index is 12.6. The molecule has 2 aliphatic rings. The van der Waals surface area contributed by atoms with Crippen LogP contribution in [0.25, 0.3) is 0 Å². The number of rotatable bonds is 7. The van der Waals surface area contributed by atoms with Crippen LogP contribution in [0.1, 0.15) is 48.9 Å². The molecule has 0 bridgehead atoms. The average Bonchev–Trinajstić information content (AvgIpc) is 2.73. The second kappa shape index (κ2) is 9.78. The number of hydrogen-bond acceptors (Lipinski definition) is 5. The lowest BCUT2D eigenvalue weighted by Gasteiger charge is -2.27. The Morgan fingerprint density at radius 2 is 1.82 bits per heavy atom. The van der Waals surface area contributed by atoms with E-state index in [1.165, 1.54) is 0 Å². The van der Waals surface area contributed by atoms with Gasteiger partial charge in [-0.25, -0.2) is 0 Å². The average molecular weight is 390 g/mol. The Morgan fingerprint density at radius 3 is 2.46 bits per heavy atom. The van der Waals surface area contributed by atoms with Crippen molar-refractivity contribution in [3.05, 3.63) is 23.8 Å². The molecule has 2 fully saturated rings. The quantitative estimate of drug-likeness (QED) is 0.662. The summed E-state index contributed by atoms with van der Waals surface area (Å²) in [6.45, 7) is 2.70. The maximum atomic E-state index is 12.6. The van der Waals surface area contributed by atoms with Gasteiger partial charge in [-0.05, 0) is 75.7 Å². The van der Waals surface area contributed by atoms with Gasteiger partial charge in [0, 0.05) is 11.6 Å². The van der Waals surface area contributed by atoms with Crippen molar-refractivity contribution < 1.29 is 24.2 Å². The van der Waals surface area contributed by atoms with E-state index in [0.29, 0.717) is 55.3 Å². The van der Waals surface area contributed by atoms with Gasteiger partial charge in [-0.1, -0.05) is 0 Å². The van der Waals surface area contributed by atoms with E-state index in [0.717, 1.165) is 25.9 Å². The first kappa shape index (κ1) is 20.5. The molecule has 1 amide bonds. The zero-order valence-electron chi connectivity index (χ0n) is 16.4. The van der Waals surface area contributed by atoms with E-state index in [-0.39, 0.29) is 17.9 Å². The molecule has 1 aromatic carbocycles. The largest absolute Gasteiger partial charge is 0.493 e. The molecule has 0 atom stereocenters. The Bertz CT molecular complexity index is 679. The molecular formula is C21H30N2O5. The lowest BCUT2D eigenvalue weighted by molar-refractivity contribution is -0.142. The number of amides is 1. The number of ether oxygens (including phenoxy) is 2. The number of carbonyl (C=O) groups is 2. The second-order valence-corrected chi connectivity index (χ2v) is 7.73. The molecule has 1 saturated carbocycles. The summed E-state index contributed by atoms with van der Waals surface area (Å²) in [7, 11) is 1.57. The normalized spacial score (nSPS) is 23.0. The fourth-order valence-electron chi connectivity index (χ4n) is 3.94. The van der Waals surface area contributed by atoms with Gasteiger partial charge < -0.3 is 25.2 Å². The molecule has 0 radical (unpaired) electrons. The highest BCUT2D eigenvalue weighted by atomic mass is 16.5. The number of piperidine rings is 1. The highest BCUT2D eigenvalue weighted by Crippen LogP contribution is 2.30. The Kier molecular flexibility index (Phi) is 7.14. The van der Waals surface area contributed by atoms with Gasteiger partial charge >= 0.3 is 5.97 Å². The fourth-order valence-corrected chi connectivity index (χ4v) is 3.94. The predicted octanol–water partition coefficient (Wildman–Crippen LogP) is 2.45. The van der Waals surface area contributed by atoms with Gasteiger partial charge in [0.15, 0.2) is 11.5 Å². The Balaban J connectivity index is 1.55. The lowest BCUT2D eigenvalue weighted by atomic mass is 9.86. The molecule has 0 unspecified atom stereocenters. The number of carboxylic acid groups (broad SMARTS) is 1. The van der Waals surface area contributed by atoms with Gasteiger partial charge in [-0.2, -0.15) is 0 Å². The minimum absolute atomic E-state index is 0.0185. The second-order valence-electron chi connectivity index (χ2n) is 7.73. The highest BCUT2D eigenvalue weighted by molar-refractivity contribution is 5.95. The van der Waals surface area contributed by atoms with E-state index in [1.54, 1.807) is 25.3 Å². The molecule has 0 spiro atoms. The summed E-state index contributed by atoms with van der Waals surface area (Å²) in [4.78, 5) is 23.6. The molecule has 7 heteroatoms. The molecule has 7 nitrogen and oxygen atoms in total. The first-order valence-corrected chi connectivity index (χ1v) is 10.1. The minimum atomic E-state index is -0.741. The van der Waals surface area contributed by atoms with Crippen LogP contribution in [0.5, 0.6) is 11.5 Å². The van der Waals surface area contributed by atoms with Crippen molar-refractivity contribution in [2.45, 2.75) is 44.6 Å². The van der Waals surface area contributed by atoms with Crippen molar-refractivity contribution in [3.8, 4) is 11.5 Å². The number of aliphatic carboxylic acids is 1. The van der Waals surface area contributed by atoms with Crippen LogP contribution in [0.15, 0.2) is 18.2 Å². The third-order valence-electron chi connectivity index (χ3n) is 5.77. The van der Waals surface area contributed by atoms with Gasteiger partial charge in [0.2, 0.25) is 0 Å². The standard InChI is InChI=1S/C21H30N2O5/c1-27-19-12-16(4-7-18(19)28-13-14-8-10-22-11-9-14)20(24)23-17-5-2-15(3-6-17)21(25)26/h4,7,12,14-15,17,22H,2-3,5-6,8-11,13H2,1H3,(H,23,24)(H,25,26). The van der Waals surface area contributed by atoms with Crippen molar-refractivity contribution in [1.82, 2.24) is 10.6 Å². The summed E-state index contributed by atoms with van der Waals surface area (Å²) in [5, 5.41) is 15.4. The molecule has 3 N–H and O–H groups in total. The van der Waals surface area contributed by atoms with Crippen molar-refractivity contribution in [3.63, 3.8) is 0 Å². The van der Waals surface area contributed by atoms with Gasteiger partial charge in [0.1, 0.15) is 0 Å². The molecule has 1 aliphatic carbocycles. The SMILES string of the molecule is COc1cc(C(=O)NC2CCC(C(=O)O)CC2)ccc1OCC1CCNCC1. The molecule has 1 heterocycles. The number of nitrogens with one attached hydrogen (secondary N) is 2. The van der Waals surface area contributed by atoms with E-state index in [9.17, 15) is 9.59 Å². The summed E-state index contributed by atoms with van der Waals surface area (Å²) in [6, 6.07) is 5.26. The number of carboxylic acids is 1. The van der Waals surface area contributed by atoms with Gasteiger partial charge in [0.25, 0.3) is 5.91 Å². The minimum Gasteiger partial charge on any atom is -0.493 e. The van der Waals surface area contributed by atoms with Crippen LogP contribution in [0.3, 0.4) is 0 Å². The van der Waals surface area contributed by atoms with E-state index in [2.05, 4.69) is 10.6 Å². The fraction of sp³-hybridized carbons (Fsp3) is 0.619. The monoisotopic (exact) mass is 390 g/mol. The van der Waals surface area contributed by atoms with Crippen LogP contribution in [0, 0.1) is 11.8 Å². The number of benzene rings is 1. The zero-order valence-corrected chi connectivity index (χ0v) is 16.4. The molecule has 1 saturated heterocycles. The van der Waals surface area contributed by atoms with Crippen LogP contribution in [-0.4, -0.2) is 49.8 Å². The topological polar surface area (TPSA) is 96.9 Å². The lowest BCUT2D eigenvalue weighted by Crippen LogP contribution is -2.38. The molecule has 154 valence electrons. The summed E-state index contributed by atoms with van der Waals surface area (Å²) in [5.41, 5.74) is 0.520. The molecule has 1 aromatic rings. The van der Waals surface area contributed by atoms with E-state index >= 15 is 0 Å². The third kappa shape index (κ3) is 5.38. The smallest absolute Gasteiger partial charge is 0.306 e. The van der Waals surface area contributed by atoms with E-state index in [4.69, 9.17) is 14.6 Å². The number of hydrogen-bond donors (Lipinski definition) is 3. The first-order valence-electron chi connectivity index (χ1n) is 10.1. The number of methoxy groups -OCH3 is 1. The summed E-state index contributed by atoms with van der Waals surface area (Å²) >= 11 is 0. The molecule has 3 rings (SSSR count). The Hall–Kier alpha value is -2.28. The molecule has 28 heavy (non-hydrogen) atoms. The zero-order chi connectivity index (χ0) is 19.9. The molecular weight excluding hydrogens is 360 g/mol. The van der Waals surface area contributed by atoms with Crippen molar-refractivity contribution in [2.75, 3.05) is 26.8 Å². The van der Waals surface area contributed by atoms with Crippen LogP contribution in [0.4, 0.5) is 0 Å². The summed E-state index contributed by atoms with van der Waals surface area (Å²) < 4.78 is 11.4. The van der Waals surface area contributed by atoms with E-state index in [1.807, 2.05) is 0 Å². The molecule has 0 aromatic heterocycles. The molecule has 1 aliphatic heterocycles. The Labute approximate surface area is 165 Å². The van der Waals surface area contributed by atoms with Gasteiger partial charge in [-0.3, -0.25) is 9.59 Å². The van der Waals surface area contributed by atoms with E-state index < -0.39 is 5.97 Å². The van der Waals surface area contributed by atoms with Crippen molar-refractivity contribution >= 4 is 11.9 Å². The predicted molar refractivity (Wildman–Crippen MR) is 105 cm³/mol. The highest BCUT2D eigenvalue weighted by Gasteiger charge is 2.27. The van der Waals surface area contributed by atoms with Crippen molar-refractivity contribution in [2.24, 2.45) is 11.8 Å². The summed E-state index contributed by atoms with van der Waals surface area (Å²) in [5.74, 6) is 0.548. The first-order chi connectivity index (χ1) is 13.6. The van der Waals surface area contributed by atoms with Gasteiger partial charge in [-0.15, -0.1) is 0 Å². The Morgan fingerprint density at radius 1 is 1.11 bits per heavy atom. The van der Waals surface area contributed by atoms with Crippen molar-refractivity contribution in [1.29, 1.82) is 0 Å². The van der Waals surface area contributed by atoms with Crippen LogP contribution in [0.2, 0.25) is 0 Å². The number of carbonyl (C=O) groups excluding carboxylic acids is 1. The van der Waals surface area contributed by atoms with Gasteiger partial charge in [0.05, 0.1) is 19.6 Å². The maximum Gasteiger partial charge on any atom is 0.306 e. The van der Waals surface area contributed by atoms with Crippen LogP contribution < -0.4 is 20.1 Å². The third-order valence-corrected chi connectivity index (χ3v) is 5.77.